The van der Waals surface area contributed by atoms with Crippen molar-refractivity contribution in [1.29, 1.82) is 0 Å². The minimum Gasteiger partial charge on any atom is -0.481 e. The molecule has 0 saturated carbocycles. The third kappa shape index (κ3) is 5.16. The normalized spacial score (nSPS) is 20.2. The highest BCUT2D eigenvalue weighted by Gasteiger charge is 2.31. The van der Waals surface area contributed by atoms with E-state index in [0.717, 1.165) is 25.9 Å². The number of carboxylic acid groups (broad SMARTS) is 1. The Kier molecular flexibility index (Phi) is 5.50. The summed E-state index contributed by atoms with van der Waals surface area (Å²) in [7, 11) is 1.98. The van der Waals surface area contributed by atoms with E-state index in [9.17, 15) is 14.4 Å². The molecule has 1 saturated heterocycles. The Morgan fingerprint density at radius 2 is 2.00 bits per heavy atom. The minimum absolute atomic E-state index is 0.0223. The largest absolute Gasteiger partial charge is 0.481 e. The van der Waals surface area contributed by atoms with Gasteiger partial charge in [0.1, 0.15) is 0 Å². The number of aliphatic carboxylic acids is 1. The average molecular weight is 285 g/mol. The Labute approximate surface area is 118 Å². The zero-order chi connectivity index (χ0) is 15.3. The molecule has 0 aromatic rings. The monoisotopic (exact) mass is 285 g/mol. The number of imide groups is 1. The molecule has 7 heteroatoms. The molecule has 0 bridgehead atoms. The molecule has 1 rings (SSSR count). The maximum Gasteiger partial charge on any atom is 0.321 e. The molecule has 0 radical (unpaired) electrons. The fourth-order valence-corrected chi connectivity index (χ4v) is 2.15. The lowest BCUT2D eigenvalue weighted by atomic mass is 9.89. The lowest BCUT2D eigenvalue weighted by Gasteiger charge is -2.30. The first-order valence-corrected chi connectivity index (χ1v) is 6.73. The third-order valence-corrected chi connectivity index (χ3v) is 3.39. The number of likely N-dealkylation sites (N-methyl/N-ethyl adjacent to an activating group) is 1. The van der Waals surface area contributed by atoms with E-state index < -0.39 is 23.3 Å². The molecule has 1 heterocycles. The van der Waals surface area contributed by atoms with E-state index in [1.54, 1.807) is 0 Å². The summed E-state index contributed by atoms with van der Waals surface area (Å²) in [6.07, 6.45) is 1.65. The van der Waals surface area contributed by atoms with Crippen LogP contribution in [0.5, 0.6) is 0 Å². The molecule has 1 atom stereocenters. The number of hydrogen-bond donors (Lipinski definition) is 3. The summed E-state index contributed by atoms with van der Waals surface area (Å²) < 4.78 is 0. The van der Waals surface area contributed by atoms with Gasteiger partial charge >= 0.3 is 12.0 Å². The molecule has 20 heavy (non-hydrogen) atoms. The lowest BCUT2D eigenvalue weighted by Crippen LogP contribution is -2.51. The number of piperidine rings is 1. The highest BCUT2D eigenvalue weighted by molar-refractivity contribution is 5.96. The van der Waals surface area contributed by atoms with Crippen LogP contribution in [0.4, 0.5) is 4.79 Å². The number of urea groups is 1. The molecule has 114 valence electrons. The van der Waals surface area contributed by atoms with Gasteiger partial charge in [0, 0.05) is 19.0 Å². The van der Waals surface area contributed by atoms with E-state index in [-0.39, 0.29) is 12.5 Å². The van der Waals surface area contributed by atoms with Gasteiger partial charge in [0.15, 0.2) is 0 Å². The molecule has 3 amide bonds. The van der Waals surface area contributed by atoms with Gasteiger partial charge in [-0.2, -0.15) is 0 Å². The first-order valence-electron chi connectivity index (χ1n) is 6.73. The number of hydrogen-bond acceptors (Lipinski definition) is 4. The number of nitrogens with zero attached hydrogens (tertiary/aromatic N) is 1. The van der Waals surface area contributed by atoms with E-state index in [1.807, 2.05) is 7.05 Å². The summed E-state index contributed by atoms with van der Waals surface area (Å²) >= 11 is 0. The van der Waals surface area contributed by atoms with Gasteiger partial charge in [-0.15, -0.1) is 0 Å². The van der Waals surface area contributed by atoms with Crippen LogP contribution in [0.15, 0.2) is 0 Å². The van der Waals surface area contributed by atoms with Crippen molar-refractivity contribution in [1.82, 2.24) is 15.5 Å². The van der Waals surface area contributed by atoms with Crippen molar-refractivity contribution in [3.8, 4) is 0 Å². The van der Waals surface area contributed by atoms with Crippen molar-refractivity contribution in [3.63, 3.8) is 0 Å². The molecule has 1 fully saturated rings. The van der Waals surface area contributed by atoms with Crippen LogP contribution in [0.2, 0.25) is 0 Å². The molecule has 0 aliphatic carbocycles. The van der Waals surface area contributed by atoms with Crippen LogP contribution in [0.3, 0.4) is 0 Å². The number of carbonyl (C=O) groups excluding carboxylic acids is 2. The smallest absolute Gasteiger partial charge is 0.321 e. The van der Waals surface area contributed by atoms with Crippen molar-refractivity contribution in [3.05, 3.63) is 0 Å². The summed E-state index contributed by atoms with van der Waals surface area (Å²) in [6, 6.07) is -0.537. The Hall–Kier alpha value is -1.63. The molecule has 7 nitrogen and oxygen atoms in total. The second kappa shape index (κ2) is 6.69. The van der Waals surface area contributed by atoms with Crippen LogP contribution in [-0.2, 0) is 9.59 Å². The predicted molar refractivity (Wildman–Crippen MR) is 73.2 cm³/mol. The van der Waals surface area contributed by atoms with Crippen LogP contribution in [0.1, 0.15) is 33.1 Å². The Bertz CT molecular complexity index is 395. The van der Waals surface area contributed by atoms with Crippen molar-refractivity contribution in [2.75, 3.05) is 20.1 Å². The molecule has 1 aliphatic rings. The molecule has 0 aromatic heterocycles. The summed E-state index contributed by atoms with van der Waals surface area (Å²) in [6.45, 7) is 4.65. The number of nitrogens with one attached hydrogen (secondary N) is 2. The lowest BCUT2D eigenvalue weighted by molar-refractivity contribution is -0.149. The zero-order valence-electron chi connectivity index (χ0n) is 12.2. The third-order valence-electron chi connectivity index (χ3n) is 3.39. The molecule has 1 aliphatic heterocycles. The number of carbonyl (C=O) groups is 3. The SMILES string of the molecule is CN1CCCC(NC(=O)NC(=O)CC(C)(C)C(=O)O)C1. The standard InChI is InChI=1S/C13H23N3O4/c1-13(2,11(18)19)7-10(17)15-12(20)14-9-5-4-6-16(3)8-9/h9H,4-8H2,1-3H3,(H,18,19)(H2,14,15,17,20). The summed E-state index contributed by atoms with van der Waals surface area (Å²) in [5.41, 5.74) is -1.19. The van der Waals surface area contributed by atoms with Gasteiger partial charge in [0.25, 0.3) is 0 Å². The minimum atomic E-state index is -1.19. The summed E-state index contributed by atoms with van der Waals surface area (Å²) in [5.74, 6) is -1.65. The van der Waals surface area contributed by atoms with Gasteiger partial charge in [0.05, 0.1) is 5.41 Å². The number of rotatable bonds is 4. The first kappa shape index (κ1) is 16.4. The van der Waals surface area contributed by atoms with Gasteiger partial charge in [-0.3, -0.25) is 14.9 Å². The van der Waals surface area contributed by atoms with E-state index in [1.165, 1.54) is 13.8 Å². The molecule has 0 spiro atoms. The average Bonchev–Trinajstić information content (AvgIpc) is 2.26. The van der Waals surface area contributed by atoms with E-state index in [0.29, 0.717) is 0 Å². The molecule has 0 aromatic carbocycles. The van der Waals surface area contributed by atoms with Gasteiger partial charge in [-0.25, -0.2) is 4.79 Å². The van der Waals surface area contributed by atoms with E-state index in [2.05, 4.69) is 15.5 Å². The van der Waals surface area contributed by atoms with Gasteiger partial charge in [0.2, 0.25) is 5.91 Å². The Morgan fingerprint density at radius 1 is 1.35 bits per heavy atom. The van der Waals surface area contributed by atoms with Crippen LogP contribution < -0.4 is 10.6 Å². The van der Waals surface area contributed by atoms with Crippen molar-refractivity contribution < 1.29 is 19.5 Å². The molecule has 3 N–H and O–H groups in total. The maximum atomic E-state index is 11.7. The quantitative estimate of drug-likeness (QED) is 0.695. The number of carboxylic acids is 1. The van der Waals surface area contributed by atoms with Crippen molar-refractivity contribution in [2.45, 2.75) is 39.2 Å². The molecular formula is C13H23N3O4. The van der Waals surface area contributed by atoms with Crippen LogP contribution in [0.25, 0.3) is 0 Å². The fraction of sp³-hybridized carbons (Fsp3) is 0.769. The topological polar surface area (TPSA) is 98.7 Å². The first-order chi connectivity index (χ1) is 9.20. The van der Waals surface area contributed by atoms with Crippen LogP contribution >= 0.6 is 0 Å². The highest BCUT2D eigenvalue weighted by atomic mass is 16.4. The van der Waals surface area contributed by atoms with Crippen LogP contribution in [-0.4, -0.2) is 54.1 Å². The maximum absolute atomic E-state index is 11.7. The fourth-order valence-electron chi connectivity index (χ4n) is 2.15. The van der Waals surface area contributed by atoms with Gasteiger partial charge in [-0.05, 0) is 40.3 Å². The summed E-state index contributed by atoms with van der Waals surface area (Å²) in [5, 5.41) is 13.8. The zero-order valence-corrected chi connectivity index (χ0v) is 12.2. The van der Waals surface area contributed by atoms with Gasteiger partial charge < -0.3 is 15.3 Å². The van der Waals surface area contributed by atoms with Crippen LogP contribution in [0, 0.1) is 5.41 Å². The summed E-state index contributed by atoms with van der Waals surface area (Å²) in [4.78, 5) is 36.3. The molecule has 1 unspecified atom stereocenters. The predicted octanol–water partition coefficient (Wildman–Crippen LogP) is 0.407. The van der Waals surface area contributed by atoms with Gasteiger partial charge in [-0.1, -0.05) is 0 Å². The van der Waals surface area contributed by atoms with Crippen molar-refractivity contribution >= 4 is 17.9 Å². The Morgan fingerprint density at radius 3 is 2.55 bits per heavy atom. The van der Waals surface area contributed by atoms with Crippen molar-refractivity contribution in [2.24, 2.45) is 5.41 Å². The molecular weight excluding hydrogens is 262 g/mol. The number of likely N-dealkylation sites (tertiary alicyclic amines) is 1. The Balaban J connectivity index is 2.38. The second-order valence-corrected chi connectivity index (χ2v) is 5.99. The second-order valence-electron chi connectivity index (χ2n) is 5.99. The number of amides is 3. The highest BCUT2D eigenvalue weighted by Crippen LogP contribution is 2.19. The van der Waals surface area contributed by atoms with E-state index >= 15 is 0 Å². The van der Waals surface area contributed by atoms with E-state index in [4.69, 9.17) is 5.11 Å².